The third kappa shape index (κ3) is 9.39. The molecule has 1 aliphatic rings. The standard InChI is InChI=1S/C28H39N3O2/c1-24(32)31(22-26-15-7-3-8-16-26)20-12-11-19-30(21-25-13-5-2-6-14-25)23-28(33)29-27-17-9-4-10-18-27/h2-3,5-8,13-16,27H,4,9-12,17-23H2,1H3,(H,29,33). The van der Waals surface area contributed by atoms with Crippen molar-refractivity contribution >= 4 is 11.8 Å². The average molecular weight is 450 g/mol. The molecule has 0 radical (unpaired) electrons. The molecule has 0 aliphatic heterocycles. The molecule has 0 aromatic heterocycles. The van der Waals surface area contributed by atoms with Crippen molar-refractivity contribution in [2.24, 2.45) is 0 Å². The van der Waals surface area contributed by atoms with Gasteiger partial charge in [-0.15, -0.1) is 0 Å². The summed E-state index contributed by atoms with van der Waals surface area (Å²) in [5, 5.41) is 3.25. The molecule has 1 saturated carbocycles. The van der Waals surface area contributed by atoms with Crippen LogP contribution in [0.5, 0.6) is 0 Å². The summed E-state index contributed by atoms with van der Waals surface area (Å²) >= 11 is 0. The summed E-state index contributed by atoms with van der Waals surface area (Å²) in [6, 6.07) is 20.8. The molecule has 0 heterocycles. The minimum atomic E-state index is 0.104. The van der Waals surface area contributed by atoms with E-state index < -0.39 is 0 Å². The van der Waals surface area contributed by atoms with Crippen LogP contribution in [0, 0.1) is 0 Å². The molecule has 2 aromatic rings. The average Bonchev–Trinajstić information content (AvgIpc) is 2.82. The second-order valence-electron chi connectivity index (χ2n) is 9.23. The highest BCUT2D eigenvalue weighted by Crippen LogP contribution is 2.17. The van der Waals surface area contributed by atoms with Crippen LogP contribution in [0.4, 0.5) is 0 Å². The third-order valence-electron chi connectivity index (χ3n) is 6.40. The van der Waals surface area contributed by atoms with Gasteiger partial charge in [0.15, 0.2) is 0 Å². The zero-order chi connectivity index (χ0) is 23.3. The molecule has 2 amide bonds. The van der Waals surface area contributed by atoms with E-state index in [9.17, 15) is 9.59 Å². The van der Waals surface area contributed by atoms with Crippen molar-refractivity contribution in [1.82, 2.24) is 15.1 Å². The zero-order valence-electron chi connectivity index (χ0n) is 20.0. The highest BCUT2D eigenvalue weighted by atomic mass is 16.2. The van der Waals surface area contributed by atoms with Crippen LogP contribution in [0.2, 0.25) is 0 Å². The van der Waals surface area contributed by atoms with Gasteiger partial charge in [0.05, 0.1) is 6.54 Å². The van der Waals surface area contributed by atoms with E-state index in [4.69, 9.17) is 0 Å². The Morgan fingerprint density at radius 2 is 1.39 bits per heavy atom. The van der Waals surface area contributed by atoms with E-state index >= 15 is 0 Å². The Morgan fingerprint density at radius 1 is 0.818 bits per heavy atom. The molecule has 0 unspecified atom stereocenters. The van der Waals surface area contributed by atoms with Crippen molar-refractivity contribution in [1.29, 1.82) is 0 Å². The van der Waals surface area contributed by atoms with Gasteiger partial charge >= 0.3 is 0 Å². The van der Waals surface area contributed by atoms with E-state index in [0.29, 0.717) is 19.1 Å². The van der Waals surface area contributed by atoms with E-state index in [1.807, 2.05) is 41.3 Å². The third-order valence-corrected chi connectivity index (χ3v) is 6.40. The zero-order valence-corrected chi connectivity index (χ0v) is 20.0. The fraction of sp³-hybridized carbons (Fsp3) is 0.500. The van der Waals surface area contributed by atoms with Gasteiger partial charge < -0.3 is 10.2 Å². The fourth-order valence-electron chi connectivity index (χ4n) is 4.57. The lowest BCUT2D eigenvalue weighted by Gasteiger charge is -2.26. The van der Waals surface area contributed by atoms with Crippen LogP contribution in [-0.4, -0.2) is 47.3 Å². The Morgan fingerprint density at radius 3 is 2.00 bits per heavy atom. The lowest BCUT2D eigenvalue weighted by Crippen LogP contribution is -2.43. The molecular formula is C28H39N3O2. The number of nitrogens with one attached hydrogen (secondary N) is 1. The van der Waals surface area contributed by atoms with Crippen molar-refractivity contribution in [3.63, 3.8) is 0 Å². The summed E-state index contributed by atoms with van der Waals surface area (Å²) in [6.07, 6.45) is 7.79. The van der Waals surface area contributed by atoms with E-state index in [-0.39, 0.29) is 11.8 Å². The number of nitrogens with zero attached hydrogens (tertiary/aromatic N) is 2. The fourth-order valence-corrected chi connectivity index (χ4v) is 4.57. The second-order valence-corrected chi connectivity index (χ2v) is 9.23. The quantitative estimate of drug-likeness (QED) is 0.475. The molecule has 1 aliphatic carbocycles. The molecule has 33 heavy (non-hydrogen) atoms. The molecule has 0 bridgehead atoms. The molecular weight excluding hydrogens is 410 g/mol. The number of carbonyl (C=O) groups is 2. The maximum absolute atomic E-state index is 12.7. The van der Waals surface area contributed by atoms with Gasteiger partial charge in [0.1, 0.15) is 0 Å². The van der Waals surface area contributed by atoms with Crippen LogP contribution in [0.1, 0.15) is 63.0 Å². The van der Waals surface area contributed by atoms with Crippen LogP contribution in [0.25, 0.3) is 0 Å². The number of carbonyl (C=O) groups excluding carboxylic acids is 2. The Bertz CT molecular complexity index is 835. The first-order valence-electron chi connectivity index (χ1n) is 12.5. The van der Waals surface area contributed by atoms with E-state index in [1.165, 1.54) is 24.8 Å². The smallest absolute Gasteiger partial charge is 0.234 e. The van der Waals surface area contributed by atoms with Crippen LogP contribution in [0.15, 0.2) is 60.7 Å². The van der Waals surface area contributed by atoms with Crippen LogP contribution in [0.3, 0.4) is 0 Å². The van der Waals surface area contributed by atoms with Gasteiger partial charge in [-0.1, -0.05) is 79.9 Å². The van der Waals surface area contributed by atoms with Crippen LogP contribution >= 0.6 is 0 Å². The lowest BCUT2D eigenvalue weighted by atomic mass is 9.95. The lowest BCUT2D eigenvalue weighted by molar-refractivity contribution is -0.129. The SMILES string of the molecule is CC(=O)N(CCCCN(CC(=O)NC1CCCCC1)Cc1ccccc1)Cc1ccccc1. The number of hydrogen-bond donors (Lipinski definition) is 1. The number of benzene rings is 2. The highest BCUT2D eigenvalue weighted by molar-refractivity contribution is 5.78. The molecule has 1 N–H and O–H groups in total. The summed E-state index contributed by atoms with van der Waals surface area (Å²) in [4.78, 5) is 29.0. The molecule has 3 rings (SSSR count). The van der Waals surface area contributed by atoms with Gasteiger partial charge in [-0.05, 0) is 43.4 Å². The van der Waals surface area contributed by atoms with Gasteiger partial charge in [-0.2, -0.15) is 0 Å². The highest BCUT2D eigenvalue weighted by Gasteiger charge is 2.18. The molecule has 5 nitrogen and oxygen atoms in total. The van der Waals surface area contributed by atoms with Crippen molar-refractivity contribution in [2.45, 2.75) is 71.0 Å². The summed E-state index contributed by atoms with van der Waals surface area (Å²) in [7, 11) is 0. The first kappa shape index (κ1) is 25.0. The monoisotopic (exact) mass is 449 g/mol. The number of rotatable bonds is 12. The van der Waals surface area contributed by atoms with Crippen LogP contribution < -0.4 is 5.32 Å². The number of unbranched alkanes of at least 4 members (excludes halogenated alkanes) is 1. The molecule has 1 fully saturated rings. The minimum Gasteiger partial charge on any atom is -0.352 e. The molecule has 0 atom stereocenters. The Balaban J connectivity index is 1.49. The molecule has 2 aromatic carbocycles. The predicted molar refractivity (Wildman–Crippen MR) is 134 cm³/mol. The molecule has 0 spiro atoms. The number of hydrogen-bond acceptors (Lipinski definition) is 3. The van der Waals surface area contributed by atoms with Crippen molar-refractivity contribution in [3.8, 4) is 0 Å². The van der Waals surface area contributed by atoms with Crippen molar-refractivity contribution in [2.75, 3.05) is 19.6 Å². The molecule has 0 saturated heterocycles. The Kier molecular flexibility index (Phi) is 10.4. The summed E-state index contributed by atoms with van der Waals surface area (Å²) in [6.45, 7) is 5.04. The first-order chi connectivity index (χ1) is 16.1. The van der Waals surface area contributed by atoms with E-state index in [1.54, 1.807) is 6.92 Å². The van der Waals surface area contributed by atoms with E-state index in [0.717, 1.165) is 50.9 Å². The molecule has 5 heteroatoms. The van der Waals surface area contributed by atoms with Gasteiger partial charge in [-0.25, -0.2) is 0 Å². The van der Waals surface area contributed by atoms with Gasteiger partial charge in [0.2, 0.25) is 11.8 Å². The summed E-state index contributed by atoms with van der Waals surface area (Å²) in [5.41, 5.74) is 2.37. The maximum Gasteiger partial charge on any atom is 0.234 e. The second kappa shape index (κ2) is 13.8. The van der Waals surface area contributed by atoms with Crippen molar-refractivity contribution in [3.05, 3.63) is 71.8 Å². The maximum atomic E-state index is 12.7. The molecule has 178 valence electrons. The van der Waals surface area contributed by atoms with Gasteiger partial charge in [0.25, 0.3) is 0 Å². The van der Waals surface area contributed by atoms with Crippen LogP contribution in [-0.2, 0) is 22.7 Å². The van der Waals surface area contributed by atoms with Gasteiger partial charge in [0, 0.05) is 32.6 Å². The van der Waals surface area contributed by atoms with Crippen molar-refractivity contribution < 1.29 is 9.59 Å². The topological polar surface area (TPSA) is 52.7 Å². The first-order valence-corrected chi connectivity index (χ1v) is 12.5. The van der Waals surface area contributed by atoms with Gasteiger partial charge in [-0.3, -0.25) is 14.5 Å². The Labute approximate surface area is 199 Å². The number of amides is 2. The normalized spacial score (nSPS) is 14.2. The minimum absolute atomic E-state index is 0.104. The van der Waals surface area contributed by atoms with E-state index in [2.05, 4.69) is 34.5 Å². The largest absolute Gasteiger partial charge is 0.352 e. The Hall–Kier alpha value is -2.66. The summed E-state index contributed by atoms with van der Waals surface area (Å²) in [5.74, 6) is 0.235. The predicted octanol–water partition coefficient (Wildman–Crippen LogP) is 4.77. The summed E-state index contributed by atoms with van der Waals surface area (Å²) < 4.78 is 0.